The summed E-state index contributed by atoms with van der Waals surface area (Å²) in [5.41, 5.74) is 4.59. The molecule has 0 radical (unpaired) electrons. The van der Waals surface area contributed by atoms with Crippen LogP contribution in [0.5, 0.6) is 0 Å². The van der Waals surface area contributed by atoms with Crippen molar-refractivity contribution in [2.24, 2.45) is 0 Å². The van der Waals surface area contributed by atoms with E-state index in [4.69, 9.17) is 0 Å². The summed E-state index contributed by atoms with van der Waals surface area (Å²) in [6.45, 7) is 0.713. The lowest BCUT2D eigenvalue weighted by Crippen LogP contribution is -2.01. The van der Waals surface area contributed by atoms with Gasteiger partial charge in [0.2, 0.25) is 0 Å². The van der Waals surface area contributed by atoms with Gasteiger partial charge in [-0.05, 0) is 11.6 Å². The van der Waals surface area contributed by atoms with E-state index < -0.39 is 0 Å². The standard InChI is InChI=1S/C17H15N3/c1-2-6-15(7-3-1)16-8-4-5-9-17(16)20-12-14-10-18-13-19-11-14/h1-11,13,20H,12H2. The lowest BCUT2D eigenvalue weighted by molar-refractivity contribution is 1.05. The van der Waals surface area contributed by atoms with Gasteiger partial charge in [0.1, 0.15) is 6.33 Å². The molecule has 0 saturated heterocycles. The molecule has 3 nitrogen and oxygen atoms in total. The largest absolute Gasteiger partial charge is 0.380 e. The maximum absolute atomic E-state index is 4.03. The molecule has 0 aliphatic heterocycles. The molecule has 0 unspecified atom stereocenters. The minimum Gasteiger partial charge on any atom is -0.380 e. The molecule has 0 amide bonds. The van der Waals surface area contributed by atoms with Gasteiger partial charge in [0, 0.05) is 35.8 Å². The van der Waals surface area contributed by atoms with Crippen LogP contribution in [0.1, 0.15) is 5.56 Å². The summed E-state index contributed by atoms with van der Waals surface area (Å²) in [6, 6.07) is 18.7. The van der Waals surface area contributed by atoms with Crippen LogP contribution >= 0.6 is 0 Å². The normalized spacial score (nSPS) is 10.2. The van der Waals surface area contributed by atoms with Gasteiger partial charge >= 0.3 is 0 Å². The smallest absolute Gasteiger partial charge is 0.115 e. The zero-order valence-electron chi connectivity index (χ0n) is 11.0. The van der Waals surface area contributed by atoms with Crippen LogP contribution in [-0.2, 0) is 6.54 Å². The van der Waals surface area contributed by atoms with Crippen LogP contribution in [0.4, 0.5) is 5.69 Å². The van der Waals surface area contributed by atoms with Crippen LogP contribution in [0.25, 0.3) is 11.1 Å². The Hall–Kier alpha value is -2.68. The molecule has 3 rings (SSSR count). The third-order valence-corrected chi connectivity index (χ3v) is 3.11. The summed E-state index contributed by atoms with van der Waals surface area (Å²) in [6.07, 6.45) is 5.19. The number of hydrogen-bond acceptors (Lipinski definition) is 3. The molecule has 0 bridgehead atoms. The number of hydrogen-bond donors (Lipinski definition) is 1. The van der Waals surface area contributed by atoms with Gasteiger partial charge in [-0.1, -0.05) is 48.5 Å². The van der Waals surface area contributed by atoms with E-state index in [-0.39, 0.29) is 0 Å². The van der Waals surface area contributed by atoms with E-state index in [9.17, 15) is 0 Å². The molecule has 0 aliphatic carbocycles. The van der Waals surface area contributed by atoms with Crippen LogP contribution in [0.2, 0.25) is 0 Å². The molecule has 1 heterocycles. The van der Waals surface area contributed by atoms with Crippen molar-refractivity contribution in [1.29, 1.82) is 0 Å². The number of para-hydroxylation sites is 1. The minimum absolute atomic E-state index is 0.713. The molecular formula is C17H15N3. The number of aromatic nitrogens is 2. The summed E-state index contributed by atoms with van der Waals surface area (Å²) in [7, 11) is 0. The van der Waals surface area contributed by atoms with Crippen molar-refractivity contribution in [2.75, 3.05) is 5.32 Å². The maximum atomic E-state index is 4.03. The number of nitrogens with zero attached hydrogens (tertiary/aromatic N) is 2. The van der Waals surface area contributed by atoms with E-state index in [1.807, 2.05) is 24.5 Å². The Labute approximate surface area is 118 Å². The van der Waals surface area contributed by atoms with Crippen LogP contribution < -0.4 is 5.32 Å². The lowest BCUT2D eigenvalue weighted by atomic mass is 10.0. The van der Waals surface area contributed by atoms with E-state index >= 15 is 0 Å². The fraction of sp³-hybridized carbons (Fsp3) is 0.0588. The van der Waals surface area contributed by atoms with Crippen molar-refractivity contribution in [1.82, 2.24) is 9.97 Å². The Kier molecular flexibility index (Phi) is 3.69. The van der Waals surface area contributed by atoms with E-state index in [0.29, 0.717) is 6.54 Å². The first-order chi connectivity index (χ1) is 9.93. The monoisotopic (exact) mass is 261 g/mol. The summed E-state index contributed by atoms with van der Waals surface area (Å²) in [5, 5.41) is 3.45. The molecule has 3 heteroatoms. The number of rotatable bonds is 4. The van der Waals surface area contributed by atoms with Crippen LogP contribution in [0, 0.1) is 0 Å². The molecule has 20 heavy (non-hydrogen) atoms. The lowest BCUT2D eigenvalue weighted by Gasteiger charge is -2.12. The number of benzene rings is 2. The van der Waals surface area contributed by atoms with Gasteiger partial charge in [0.15, 0.2) is 0 Å². The summed E-state index contributed by atoms with van der Waals surface area (Å²) < 4.78 is 0. The van der Waals surface area contributed by atoms with Gasteiger partial charge in [0.05, 0.1) is 0 Å². The molecule has 2 aromatic carbocycles. The van der Waals surface area contributed by atoms with Crippen LogP contribution in [-0.4, -0.2) is 9.97 Å². The zero-order chi connectivity index (χ0) is 13.6. The second kappa shape index (κ2) is 5.97. The molecule has 98 valence electrons. The van der Waals surface area contributed by atoms with Gasteiger partial charge in [-0.3, -0.25) is 0 Å². The molecule has 0 saturated carbocycles. The van der Waals surface area contributed by atoms with Crippen molar-refractivity contribution < 1.29 is 0 Å². The van der Waals surface area contributed by atoms with Crippen molar-refractivity contribution in [2.45, 2.75) is 6.54 Å². The highest BCUT2D eigenvalue weighted by Gasteiger charge is 2.03. The highest BCUT2D eigenvalue weighted by molar-refractivity contribution is 5.77. The van der Waals surface area contributed by atoms with Gasteiger partial charge in [-0.15, -0.1) is 0 Å². The quantitative estimate of drug-likeness (QED) is 0.777. The van der Waals surface area contributed by atoms with Gasteiger partial charge in [-0.2, -0.15) is 0 Å². The second-order valence-electron chi connectivity index (χ2n) is 4.51. The van der Waals surface area contributed by atoms with Gasteiger partial charge in [0.25, 0.3) is 0 Å². The summed E-state index contributed by atoms with van der Waals surface area (Å²) in [4.78, 5) is 8.05. The second-order valence-corrected chi connectivity index (χ2v) is 4.51. The highest BCUT2D eigenvalue weighted by Crippen LogP contribution is 2.27. The third kappa shape index (κ3) is 2.83. The molecule has 0 spiro atoms. The Morgan fingerprint density at radius 3 is 2.30 bits per heavy atom. The van der Waals surface area contributed by atoms with E-state index in [0.717, 1.165) is 11.3 Å². The van der Waals surface area contributed by atoms with E-state index in [2.05, 4.69) is 57.7 Å². The van der Waals surface area contributed by atoms with Gasteiger partial charge in [-0.25, -0.2) is 9.97 Å². The molecule has 0 fully saturated rings. The predicted octanol–water partition coefficient (Wildman–Crippen LogP) is 3.76. The van der Waals surface area contributed by atoms with Crippen molar-refractivity contribution in [3.63, 3.8) is 0 Å². The average molecular weight is 261 g/mol. The number of nitrogens with one attached hydrogen (secondary N) is 1. The van der Waals surface area contributed by atoms with Crippen molar-refractivity contribution in [3.05, 3.63) is 78.9 Å². The Morgan fingerprint density at radius 1 is 0.800 bits per heavy atom. The summed E-state index contributed by atoms with van der Waals surface area (Å²) >= 11 is 0. The molecule has 0 atom stereocenters. The van der Waals surface area contributed by atoms with Crippen LogP contribution in [0.15, 0.2) is 73.3 Å². The molecule has 1 aromatic heterocycles. The van der Waals surface area contributed by atoms with Crippen molar-refractivity contribution >= 4 is 5.69 Å². The fourth-order valence-electron chi connectivity index (χ4n) is 2.13. The first kappa shape index (κ1) is 12.4. The van der Waals surface area contributed by atoms with Crippen LogP contribution in [0.3, 0.4) is 0 Å². The predicted molar refractivity (Wildman–Crippen MR) is 81.2 cm³/mol. The van der Waals surface area contributed by atoms with Gasteiger partial charge < -0.3 is 5.32 Å². The first-order valence-electron chi connectivity index (χ1n) is 6.56. The minimum atomic E-state index is 0.713. The highest BCUT2D eigenvalue weighted by atomic mass is 14.9. The first-order valence-corrected chi connectivity index (χ1v) is 6.56. The molecule has 1 N–H and O–H groups in total. The fourth-order valence-corrected chi connectivity index (χ4v) is 2.13. The van der Waals surface area contributed by atoms with E-state index in [1.165, 1.54) is 11.1 Å². The molecule has 0 aliphatic rings. The SMILES string of the molecule is c1ccc(-c2ccccc2NCc2cncnc2)cc1. The Morgan fingerprint density at radius 2 is 1.50 bits per heavy atom. The molecular weight excluding hydrogens is 246 g/mol. The zero-order valence-corrected chi connectivity index (χ0v) is 11.0. The third-order valence-electron chi connectivity index (χ3n) is 3.11. The Balaban J connectivity index is 1.84. The Bertz CT molecular complexity index is 666. The molecule has 3 aromatic rings. The number of anilines is 1. The van der Waals surface area contributed by atoms with E-state index in [1.54, 1.807) is 6.33 Å². The summed E-state index contributed by atoms with van der Waals surface area (Å²) in [5.74, 6) is 0. The maximum Gasteiger partial charge on any atom is 0.115 e. The van der Waals surface area contributed by atoms with Crippen molar-refractivity contribution in [3.8, 4) is 11.1 Å². The average Bonchev–Trinajstić information content (AvgIpc) is 2.55. The topological polar surface area (TPSA) is 37.8 Å².